The molecule has 0 spiro atoms. The number of furan rings is 1. The lowest BCUT2D eigenvalue weighted by Gasteiger charge is -2.16. The van der Waals surface area contributed by atoms with Crippen LogP contribution in [0.25, 0.3) is 111 Å². The number of aromatic nitrogens is 4. The van der Waals surface area contributed by atoms with Gasteiger partial charge in [-0.25, -0.2) is 19.9 Å². The predicted molar refractivity (Wildman–Crippen MR) is 242 cm³/mol. The highest BCUT2D eigenvalue weighted by Gasteiger charge is 2.22. The van der Waals surface area contributed by atoms with Crippen LogP contribution < -0.4 is 0 Å². The van der Waals surface area contributed by atoms with Crippen LogP contribution >= 0.6 is 0 Å². The quantitative estimate of drug-likeness (QED) is 0.158. The van der Waals surface area contributed by atoms with E-state index >= 15 is 0 Å². The van der Waals surface area contributed by atoms with Crippen molar-refractivity contribution in [2.75, 3.05) is 0 Å². The van der Waals surface area contributed by atoms with Crippen LogP contribution in [0, 0.1) is 13.8 Å². The number of aryl methyl sites for hydroxylation is 2. The first kappa shape index (κ1) is 34.5. The molecule has 8 aromatic carbocycles. The molecule has 3 aromatic heterocycles. The highest BCUT2D eigenvalue weighted by atomic mass is 16.3. The number of fused-ring (bicyclic) bond motifs is 6. The van der Waals surface area contributed by atoms with Crippen molar-refractivity contribution in [3.05, 3.63) is 193 Å². The van der Waals surface area contributed by atoms with E-state index in [1.807, 2.05) is 18.2 Å². The molecular weight excluding hydrogens is 721 g/mol. The average Bonchev–Trinajstić information content (AvgIpc) is 3.67. The maximum atomic E-state index is 6.61. The van der Waals surface area contributed by atoms with Gasteiger partial charge in [0.2, 0.25) is 0 Å². The Morgan fingerprint density at radius 1 is 0.339 bits per heavy atom. The Morgan fingerprint density at radius 3 is 1.58 bits per heavy atom. The Balaban J connectivity index is 1.07. The topological polar surface area (TPSA) is 64.7 Å². The van der Waals surface area contributed by atoms with Gasteiger partial charge in [0.05, 0.1) is 11.2 Å². The highest BCUT2D eigenvalue weighted by molar-refractivity contribution is 6.27. The lowest BCUT2D eigenvalue weighted by atomic mass is 9.89. The lowest BCUT2D eigenvalue weighted by molar-refractivity contribution is 0.669. The van der Waals surface area contributed by atoms with Gasteiger partial charge >= 0.3 is 0 Å². The van der Waals surface area contributed by atoms with Crippen molar-refractivity contribution in [3.8, 4) is 67.7 Å². The average molecular weight is 757 g/mol. The van der Waals surface area contributed by atoms with Gasteiger partial charge in [-0.15, -0.1) is 0 Å². The van der Waals surface area contributed by atoms with Crippen molar-refractivity contribution in [2.45, 2.75) is 13.8 Å². The Labute approximate surface area is 341 Å². The zero-order chi connectivity index (χ0) is 39.5. The van der Waals surface area contributed by atoms with E-state index in [4.69, 9.17) is 24.4 Å². The molecule has 11 rings (SSSR count). The summed E-state index contributed by atoms with van der Waals surface area (Å²) in [5, 5.41) is 5.51. The zero-order valence-electron chi connectivity index (χ0n) is 32.5. The van der Waals surface area contributed by atoms with Crippen molar-refractivity contribution in [1.82, 2.24) is 19.9 Å². The molecule has 278 valence electrons. The summed E-state index contributed by atoms with van der Waals surface area (Å²) in [7, 11) is 0. The molecule has 3 heterocycles. The van der Waals surface area contributed by atoms with Crippen LogP contribution in [0.5, 0.6) is 0 Å². The number of nitrogens with zero attached hydrogens (tertiary/aromatic N) is 4. The number of benzene rings is 8. The maximum absolute atomic E-state index is 6.61. The van der Waals surface area contributed by atoms with Gasteiger partial charge in [0.25, 0.3) is 0 Å². The molecule has 0 amide bonds. The van der Waals surface area contributed by atoms with E-state index in [1.54, 1.807) is 0 Å². The monoisotopic (exact) mass is 756 g/mol. The van der Waals surface area contributed by atoms with Gasteiger partial charge in [-0.05, 0) is 54.8 Å². The maximum Gasteiger partial charge on any atom is 0.164 e. The molecule has 0 saturated carbocycles. The fourth-order valence-corrected chi connectivity index (χ4v) is 8.26. The standard InChI is InChI=1S/C54H36N4O/c1-33-19-23-38(24-20-33)52-56-53(39-25-21-34(2)22-26-39)58-54(57-52)41-14-10-13-40(31-41)35-27-29-36(30-28-35)48-49-42-15-6-8-17-45(42)55-51(37-11-4-3-5-12-37)44(49)32-47-50(48)43-16-7-9-18-46(43)59-47/h3-32H,1-2H3. The van der Waals surface area contributed by atoms with Crippen molar-refractivity contribution in [1.29, 1.82) is 0 Å². The van der Waals surface area contributed by atoms with Gasteiger partial charge in [-0.2, -0.15) is 0 Å². The summed E-state index contributed by atoms with van der Waals surface area (Å²) < 4.78 is 6.61. The summed E-state index contributed by atoms with van der Waals surface area (Å²) >= 11 is 0. The summed E-state index contributed by atoms with van der Waals surface area (Å²) in [6.07, 6.45) is 0. The minimum Gasteiger partial charge on any atom is -0.456 e. The van der Waals surface area contributed by atoms with Crippen LogP contribution in [0.3, 0.4) is 0 Å². The molecule has 0 aliphatic rings. The number of para-hydroxylation sites is 2. The van der Waals surface area contributed by atoms with Crippen molar-refractivity contribution < 1.29 is 4.42 Å². The molecule has 11 aromatic rings. The highest BCUT2D eigenvalue weighted by Crippen LogP contribution is 2.46. The smallest absolute Gasteiger partial charge is 0.164 e. The second kappa shape index (κ2) is 14.0. The molecular formula is C54H36N4O. The normalized spacial score (nSPS) is 11.6. The first-order valence-corrected chi connectivity index (χ1v) is 19.9. The zero-order valence-corrected chi connectivity index (χ0v) is 32.5. The van der Waals surface area contributed by atoms with Crippen LogP contribution in [-0.2, 0) is 0 Å². The van der Waals surface area contributed by atoms with Crippen molar-refractivity contribution in [2.24, 2.45) is 0 Å². The predicted octanol–water partition coefficient (Wildman–Crippen LogP) is 14.1. The van der Waals surface area contributed by atoms with E-state index in [1.165, 1.54) is 11.1 Å². The summed E-state index contributed by atoms with van der Waals surface area (Å²) in [5.74, 6) is 1.92. The Kier molecular flexibility index (Phi) is 8.19. The summed E-state index contributed by atoms with van der Waals surface area (Å²) in [6.45, 7) is 4.17. The van der Waals surface area contributed by atoms with Gasteiger partial charge < -0.3 is 4.42 Å². The van der Waals surface area contributed by atoms with Gasteiger partial charge in [0.1, 0.15) is 11.2 Å². The molecule has 0 aliphatic heterocycles. The van der Waals surface area contributed by atoms with E-state index in [0.29, 0.717) is 17.5 Å². The van der Waals surface area contributed by atoms with E-state index in [-0.39, 0.29) is 0 Å². The molecule has 0 N–H and O–H groups in total. The van der Waals surface area contributed by atoms with Crippen LogP contribution in [0.2, 0.25) is 0 Å². The number of hydrogen-bond donors (Lipinski definition) is 0. The Morgan fingerprint density at radius 2 is 0.881 bits per heavy atom. The van der Waals surface area contributed by atoms with E-state index < -0.39 is 0 Å². The van der Waals surface area contributed by atoms with Gasteiger partial charge in [0, 0.05) is 54.7 Å². The van der Waals surface area contributed by atoms with Gasteiger partial charge in [-0.3, -0.25) is 0 Å². The fraction of sp³-hybridized carbons (Fsp3) is 0.0370. The van der Waals surface area contributed by atoms with Crippen LogP contribution in [0.4, 0.5) is 0 Å². The minimum absolute atomic E-state index is 0.629. The SMILES string of the molecule is Cc1ccc(-c2nc(-c3ccc(C)cc3)nc(-c3cccc(-c4ccc(-c5c6c(cc7c(-c8ccccc8)nc8ccccc8c57)oc5ccccc56)cc4)c3)n2)cc1. The fourth-order valence-electron chi connectivity index (χ4n) is 8.26. The summed E-state index contributed by atoms with van der Waals surface area (Å²) in [6, 6.07) is 63.5. The summed E-state index contributed by atoms with van der Waals surface area (Å²) in [4.78, 5) is 20.3. The van der Waals surface area contributed by atoms with E-state index in [9.17, 15) is 0 Å². The number of pyridine rings is 1. The second-order valence-corrected chi connectivity index (χ2v) is 15.2. The number of rotatable bonds is 6. The molecule has 0 unspecified atom stereocenters. The number of hydrogen-bond acceptors (Lipinski definition) is 5. The molecule has 59 heavy (non-hydrogen) atoms. The van der Waals surface area contributed by atoms with Crippen LogP contribution in [0.15, 0.2) is 186 Å². The molecule has 0 saturated heterocycles. The van der Waals surface area contributed by atoms with Crippen LogP contribution in [-0.4, -0.2) is 19.9 Å². The first-order valence-electron chi connectivity index (χ1n) is 19.9. The minimum atomic E-state index is 0.629. The third-order valence-corrected chi connectivity index (χ3v) is 11.3. The molecule has 5 nitrogen and oxygen atoms in total. The molecule has 0 radical (unpaired) electrons. The van der Waals surface area contributed by atoms with E-state index in [0.717, 1.165) is 93.8 Å². The van der Waals surface area contributed by atoms with Gasteiger partial charge in [-0.1, -0.05) is 169 Å². The van der Waals surface area contributed by atoms with Crippen LogP contribution in [0.1, 0.15) is 11.1 Å². The Hall–Kier alpha value is -7.76. The van der Waals surface area contributed by atoms with Gasteiger partial charge in [0.15, 0.2) is 17.5 Å². The van der Waals surface area contributed by atoms with E-state index in [2.05, 4.69) is 178 Å². The van der Waals surface area contributed by atoms with Crippen molar-refractivity contribution >= 4 is 43.6 Å². The summed E-state index contributed by atoms with van der Waals surface area (Å²) in [5.41, 5.74) is 14.2. The lowest BCUT2D eigenvalue weighted by Crippen LogP contribution is -2.00. The molecule has 0 fully saturated rings. The molecule has 5 heteroatoms. The largest absolute Gasteiger partial charge is 0.456 e. The molecule has 0 bridgehead atoms. The molecule has 0 aliphatic carbocycles. The van der Waals surface area contributed by atoms with Crippen molar-refractivity contribution in [3.63, 3.8) is 0 Å². The first-order chi connectivity index (χ1) is 29.0. The second-order valence-electron chi connectivity index (χ2n) is 15.2. The third kappa shape index (κ3) is 6.12. The molecule has 0 atom stereocenters. The Bertz CT molecular complexity index is 3310. The third-order valence-electron chi connectivity index (χ3n) is 11.3.